The van der Waals surface area contributed by atoms with Crippen LogP contribution in [-0.4, -0.2) is 11.7 Å². The molecule has 0 unspecified atom stereocenters. The third-order valence-electron chi connectivity index (χ3n) is 2.74. The minimum Gasteiger partial charge on any atom is -0.506 e. The van der Waals surface area contributed by atoms with Crippen LogP contribution < -0.4 is 5.32 Å². The van der Waals surface area contributed by atoms with E-state index in [4.69, 9.17) is 11.6 Å². The van der Waals surface area contributed by atoms with Gasteiger partial charge in [-0.25, -0.2) is 0 Å². The van der Waals surface area contributed by atoms with Crippen LogP contribution in [0.25, 0.3) is 0 Å². The fourth-order valence-corrected chi connectivity index (χ4v) is 2.80. The lowest BCUT2D eigenvalue weighted by Gasteiger charge is -2.25. The lowest BCUT2D eigenvalue weighted by Crippen LogP contribution is -2.26. The molecule has 2 rings (SSSR count). The van der Waals surface area contributed by atoms with Crippen LogP contribution in [0.1, 0.15) is 30.9 Å². The minimum atomic E-state index is 0.208. The van der Waals surface area contributed by atoms with E-state index in [2.05, 4.69) is 21.2 Å². The summed E-state index contributed by atoms with van der Waals surface area (Å²) < 4.78 is 0.910. The fraction of sp³-hybridized carbons (Fsp3) is 0.455. The quantitative estimate of drug-likeness (QED) is 0.828. The van der Waals surface area contributed by atoms with Gasteiger partial charge >= 0.3 is 0 Å². The van der Waals surface area contributed by atoms with Crippen LogP contribution in [0.5, 0.6) is 5.75 Å². The molecule has 1 aliphatic heterocycles. The second-order valence-electron chi connectivity index (χ2n) is 3.83. The molecular formula is C11H13BrClNO. The molecule has 1 aliphatic rings. The topological polar surface area (TPSA) is 32.3 Å². The monoisotopic (exact) mass is 289 g/mol. The zero-order valence-corrected chi connectivity index (χ0v) is 10.6. The van der Waals surface area contributed by atoms with Crippen molar-refractivity contribution in [1.82, 2.24) is 5.32 Å². The summed E-state index contributed by atoms with van der Waals surface area (Å²) in [7, 11) is 0. The Kier molecular flexibility index (Phi) is 3.54. The normalized spacial score (nSPS) is 21.6. The van der Waals surface area contributed by atoms with E-state index in [1.54, 1.807) is 6.07 Å². The summed E-state index contributed by atoms with van der Waals surface area (Å²) >= 11 is 9.32. The van der Waals surface area contributed by atoms with Gasteiger partial charge in [0.2, 0.25) is 0 Å². The largest absolute Gasteiger partial charge is 0.506 e. The van der Waals surface area contributed by atoms with E-state index in [0.717, 1.165) is 23.0 Å². The SMILES string of the molecule is Oc1c(Cl)cc(Br)cc1[C@@H]1CCCCN1. The Balaban J connectivity index is 2.33. The van der Waals surface area contributed by atoms with E-state index in [1.807, 2.05) is 6.07 Å². The van der Waals surface area contributed by atoms with Gasteiger partial charge in [0.1, 0.15) is 5.75 Å². The number of hydrogen-bond donors (Lipinski definition) is 2. The first-order valence-corrected chi connectivity index (χ1v) is 6.27. The van der Waals surface area contributed by atoms with Crippen molar-refractivity contribution >= 4 is 27.5 Å². The average molecular weight is 291 g/mol. The first kappa shape index (κ1) is 11.2. The molecule has 2 N–H and O–H groups in total. The van der Waals surface area contributed by atoms with Crippen molar-refractivity contribution in [1.29, 1.82) is 0 Å². The molecule has 82 valence electrons. The van der Waals surface area contributed by atoms with Crippen molar-refractivity contribution in [2.24, 2.45) is 0 Å². The Morgan fingerprint density at radius 3 is 2.87 bits per heavy atom. The molecule has 0 radical (unpaired) electrons. The minimum absolute atomic E-state index is 0.208. The number of piperidine rings is 1. The second kappa shape index (κ2) is 4.73. The predicted octanol–water partition coefficient (Wildman–Crippen LogP) is 3.62. The highest BCUT2D eigenvalue weighted by molar-refractivity contribution is 9.10. The number of phenols is 1. The molecule has 2 nitrogen and oxygen atoms in total. The van der Waals surface area contributed by atoms with Gasteiger partial charge in [-0.05, 0) is 31.5 Å². The number of halogens is 2. The molecule has 1 aromatic rings. The van der Waals surface area contributed by atoms with Gasteiger partial charge in [0.25, 0.3) is 0 Å². The molecule has 0 spiro atoms. The van der Waals surface area contributed by atoms with Crippen LogP contribution in [-0.2, 0) is 0 Å². The number of hydrogen-bond acceptors (Lipinski definition) is 2. The Labute approximate surface area is 103 Å². The fourth-order valence-electron chi connectivity index (χ4n) is 1.97. The van der Waals surface area contributed by atoms with Crippen LogP contribution in [0.4, 0.5) is 0 Å². The third-order valence-corrected chi connectivity index (χ3v) is 3.49. The predicted molar refractivity (Wildman–Crippen MR) is 65.4 cm³/mol. The summed E-state index contributed by atoms with van der Waals surface area (Å²) in [6.07, 6.45) is 3.46. The summed E-state index contributed by atoms with van der Waals surface area (Å²) in [6, 6.07) is 3.88. The van der Waals surface area contributed by atoms with Crippen molar-refractivity contribution in [3.8, 4) is 5.75 Å². The number of nitrogens with one attached hydrogen (secondary N) is 1. The van der Waals surface area contributed by atoms with Gasteiger partial charge in [-0.2, -0.15) is 0 Å². The second-order valence-corrected chi connectivity index (χ2v) is 5.15. The molecule has 1 heterocycles. The molecule has 4 heteroatoms. The maximum Gasteiger partial charge on any atom is 0.139 e. The standard InChI is InChI=1S/C11H13BrClNO/c12-7-5-8(11(15)9(13)6-7)10-3-1-2-4-14-10/h5-6,10,14-15H,1-4H2/t10-/m0/s1. The van der Waals surface area contributed by atoms with E-state index in [9.17, 15) is 5.11 Å². The molecule has 1 saturated heterocycles. The van der Waals surface area contributed by atoms with Crippen molar-refractivity contribution in [3.63, 3.8) is 0 Å². The molecule has 1 aromatic carbocycles. The van der Waals surface area contributed by atoms with Gasteiger partial charge in [-0.15, -0.1) is 0 Å². The summed E-state index contributed by atoms with van der Waals surface area (Å²) in [4.78, 5) is 0. The van der Waals surface area contributed by atoms with Crippen molar-refractivity contribution in [3.05, 3.63) is 27.2 Å². The lowest BCUT2D eigenvalue weighted by atomic mass is 9.97. The van der Waals surface area contributed by atoms with E-state index in [0.29, 0.717) is 5.02 Å². The average Bonchev–Trinajstić information content (AvgIpc) is 2.24. The van der Waals surface area contributed by atoms with Crippen LogP contribution in [0.3, 0.4) is 0 Å². The summed E-state index contributed by atoms with van der Waals surface area (Å²) in [5, 5.41) is 13.7. The molecule has 0 bridgehead atoms. The molecule has 1 fully saturated rings. The molecule has 0 aliphatic carbocycles. The number of aromatic hydroxyl groups is 1. The number of benzene rings is 1. The Bertz CT molecular complexity index is 364. The van der Waals surface area contributed by atoms with Crippen molar-refractivity contribution in [2.45, 2.75) is 25.3 Å². The molecule has 0 saturated carbocycles. The van der Waals surface area contributed by atoms with Crippen LogP contribution in [0.2, 0.25) is 5.02 Å². The first-order chi connectivity index (χ1) is 7.18. The molecule has 15 heavy (non-hydrogen) atoms. The van der Waals surface area contributed by atoms with Gasteiger partial charge in [0.15, 0.2) is 0 Å². The number of phenolic OH excluding ortho intramolecular Hbond substituents is 1. The Morgan fingerprint density at radius 2 is 2.20 bits per heavy atom. The maximum atomic E-state index is 9.88. The van der Waals surface area contributed by atoms with Crippen LogP contribution >= 0.6 is 27.5 Å². The van der Waals surface area contributed by atoms with E-state index in [-0.39, 0.29) is 11.8 Å². The smallest absolute Gasteiger partial charge is 0.139 e. The first-order valence-electron chi connectivity index (χ1n) is 5.10. The zero-order chi connectivity index (χ0) is 10.8. The van der Waals surface area contributed by atoms with Gasteiger partial charge in [-0.1, -0.05) is 34.0 Å². The van der Waals surface area contributed by atoms with Gasteiger partial charge in [0.05, 0.1) is 5.02 Å². The van der Waals surface area contributed by atoms with Gasteiger partial charge in [0, 0.05) is 16.1 Å². The van der Waals surface area contributed by atoms with Crippen LogP contribution in [0.15, 0.2) is 16.6 Å². The molecular weight excluding hydrogens is 277 g/mol. The third kappa shape index (κ3) is 2.47. The van der Waals surface area contributed by atoms with E-state index < -0.39 is 0 Å². The van der Waals surface area contributed by atoms with Gasteiger partial charge in [-0.3, -0.25) is 0 Å². The van der Waals surface area contributed by atoms with Gasteiger partial charge < -0.3 is 10.4 Å². The molecule has 1 atom stereocenters. The van der Waals surface area contributed by atoms with E-state index in [1.165, 1.54) is 12.8 Å². The highest BCUT2D eigenvalue weighted by Gasteiger charge is 2.19. The lowest BCUT2D eigenvalue weighted by molar-refractivity contribution is 0.391. The maximum absolute atomic E-state index is 9.88. The van der Waals surface area contributed by atoms with Crippen LogP contribution in [0, 0.1) is 0 Å². The zero-order valence-electron chi connectivity index (χ0n) is 8.26. The molecule has 0 amide bonds. The highest BCUT2D eigenvalue weighted by Crippen LogP contribution is 2.37. The van der Waals surface area contributed by atoms with E-state index >= 15 is 0 Å². The summed E-state index contributed by atoms with van der Waals surface area (Å²) in [5.41, 5.74) is 0.897. The summed E-state index contributed by atoms with van der Waals surface area (Å²) in [6.45, 7) is 1.01. The van der Waals surface area contributed by atoms with Crippen molar-refractivity contribution < 1.29 is 5.11 Å². The summed E-state index contributed by atoms with van der Waals surface area (Å²) in [5.74, 6) is 0.208. The number of rotatable bonds is 1. The Morgan fingerprint density at radius 1 is 1.40 bits per heavy atom. The van der Waals surface area contributed by atoms with Crippen molar-refractivity contribution in [2.75, 3.05) is 6.54 Å². The Hall–Kier alpha value is -0.250. The molecule has 0 aromatic heterocycles. The highest BCUT2D eigenvalue weighted by atomic mass is 79.9.